The van der Waals surface area contributed by atoms with E-state index >= 15 is 0 Å². The van der Waals surface area contributed by atoms with E-state index in [1.54, 1.807) is 25.5 Å². The smallest absolute Gasteiger partial charge is 1.00 e. The number of rotatable bonds is 5. The van der Waals surface area contributed by atoms with Crippen LogP contribution < -0.4 is 28.1 Å². The van der Waals surface area contributed by atoms with Crippen LogP contribution in [0.5, 0.6) is 0 Å². The third-order valence-electron chi connectivity index (χ3n) is 10.4. The van der Waals surface area contributed by atoms with Crippen LogP contribution in [0.25, 0.3) is 21.9 Å². The van der Waals surface area contributed by atoms with Crippen molar-refractivity contribution < 1.29 is 46.1 Å². The average molecular weight is 757 g/mol. The van der Waals surface area contributed by atoms with Gasteiger partial charge in [-0.2, -0.15) is 0 Å². The van der Waals surface area contributed by atoms with Crippen LogP contribution in [-0.4, -0.2) is 3.71 Å². The molecule has 4 aromatic rings. The molecule has 0 fully saturated rings. The van der Waals surface area contributed by atoms with Crippen LogP contribution >= 0.6 is 0 Å². The van der Waals surface area contributed by atoms with E-state index in [1.165, 1.54) is 45.0 Å². The first-order valence-corrected chi connectivity index (χ1v) is 21.5. The van der Waals surface area contributed by atoms with Gasteiger partial charge in [-0.15, -0.1) is 0 Å². The molecule has 0 nitrogen and oxygen atoms in total. The monoisotopic (exact) mass is 754 g/mol. The predicted molar refractivity (Wildman–Crippen MR) is 199 cm³/mol. The fraction of sp³-hybridized carbons (Fsp3) is 0.400. The number of halogens is 2. The molecule has 0 aromatic heterocycles. The molecular weight excluding hydrogens is 703 g/mol. The second-order valence-electron chi connectivity index (χ2n) is 16.8. The molecule has 0 bridgehead atoms. The molecule has 48 heavy (non-hydrogen) atoms. The summed E-state index contributed by atoms with van der Waals surface area (Å²) in [5, 5.41) is 2.73. The van der Waals surface area contributed by atoms with Crippen LogP contribution in [0.1, 0.15) is 117 Å². The third-order valence-corrected chi connectivity index (χ3v) is 17.7. The number of benzene rings is 4. The van der Waals surface area contributed by atoms with E-state index in [2.05, 4.69) is 159 Å². The van der Waals surface area contributed by atoms with E-state index in [4.69, 9.17) is 0 Å². The van der Waals surface area contributed by atoms with Crippen LogP contribution in [0.4, 0.5) is 0 Å². The number of hydrogen-bond acceptors (Lipinski definition) is 0. The Labute approximate surface area is 311 Å². The van der Waals surface area contributed by atoms with E-state index in [9.17, 15) is 0 Å². The molecule has 3 heteroatoms. The van der Waals surface area contributed by atoms with Gasteiger partial charge in [-0.05, 0) is 0 Å². The normalized spacial score (nSPS) is 16.0. The first-order valence-electron chi connectivity index (χ1n) is 17.6. The molecule has 4 aromatic carbocycles. The quantitative estimate of drug-likeness (QED) is 0.214. The van der Waals surface area contributed by atoms with E-state index < -0.39 is 21.3 Å². The molecule has 2 aliphatic rings. The van der Waals surface area contributed by atoms with Crippen molar-refractivity contribution in [3.05, 3.63) is 121 Å². The van der Waals surface area contributed by atoms with Crippen molar-refractivity contribution in [1.82, 2.24) is 0 Å². The predicted octanol–water partition coefficient (Wildman–Crippen LogP) is 5.78. The minimum Gasteiger partial charge on any atom is -1.00 e. The molecule has 252 valence electrons. The summed E-state index contributed by atoms with van der Waals surface area (Å²) >= 11 is -2.76. The zero-order valence-corrected chi connectivity index (χ0v) is 35.0. The Morgan fingerprint density at radius 2 is 1.40 bits per heavy atom. The van der Waals surface area contributed by atoms with Gasteiger partial charge < -0.3 is 24.8 Å². The maximum atomic E-state index is 2.85. The third kappa shape index (κ3) is 7.09. The Morgan fingerprint density at radius 1 is 0.729 bits per heavy atom. The van der Waals surface area contributed by atoms with Gasteiger partial charge in [0.1, 0.15) is 0 Å². The summed E-state index contributed by atoms with van der Waals surface area (Å²) in [6.07, 6.45) is 6.01. The van der Waals surface area contributed by atoms with Crippen LogP contribution in [-0.2, 0) is 38.5 Å². The van der Waals surface area contributed by atoms with Crippen molar-refractivity contribution in [1.29, 1.82) is 0 Å². The molecule has 0 spiro atoms. The second kappa shape index (κ2) is 14.3. The number of hydrogen-bond donors (Lipinski definition) is 0. The van der Waals surface area contributed by atoms with E-state index in [1.807, 2.05) is 3.28 Å². The summed E-state index contributed by atoms with van der Waals surface area (Å²) in [5.41, 5.74) is 14.1. The molecule has 6 rings (SSSR count). The van der Waals surface area contributed by atoms with Crippen molar-refractivity contribution in [2.75, 3.05) is 0 Å². The summed E-state index contributed by atoms with van der Waals surface area (Å²) in [6, 6.07) is 28.3. The van der Waals surface area contributed by atoms with Gasteiger partial charge in [0, 0.05) is 0 Å². The topological polar surface area (TPSA) is 0 Å². The molecule has 1 unspecified atom stereocenters. The molecule has 0 saturated carbocycles. The van der Waals surface area contributed by atoms with Gasteiger partial charge >= 0.3 is 289 Å². The van der Waals surface area contributed by atoms with Gasteiger partial charge in [-0.1, -0.05) is 0 Å². The summed E-state index contributed by atoms with van der Waals surface area (Å²) in [4.78, 5) is 0. The van der Waals surface area contributed by atoms with Gasteiger partial charge in [-0.25, -0.2) is 0 Å². The molecular formula is C45H54Cl2Zr. The maximum absolute atomic E-state index is 2.85. The fourth-order valence-corrected chi connectivity index (χ4v) is 17.2. The van der Waals surface area contributed by atoms with Crippen LogP contribution in [0, 0.1) is 11.3 Å². The Morgan fingerprint density at radius 3 is 2.02 bits per heavy atom. The maximum Gasteiger partial charge on any atom is -1.00 e. The summed E-state index contributed by atoms with van der Waals surface area (Å²) in [5.74, 6) is 0.518. The molecule has 0 radical (unpaired) electrons. The average Bonchev–Trinajstić information content (AvgIpc) is 3.56. The first-order chi connectivity index (χ1) is 21.6. The van der Waals surface area contributed by atoms with Gasteiger partial charge in [0.15, 0.2) is 0 Å². The van der Waals surface area contributed by atoms with Crippen molar-refractivity contribution in [2.45, 2.75) is 106 Å². The van der Waals surface area contributed by atoms with E-state index in [0.717, 1.165) is 12.8 Å². The van der Waals surface area contributed by atoms with Gasteiger partial charge in [0.25, 0.3) is 0 Å². The van der Waals surface area contributed by atoms with Gasteiger partial charge in [-0.3, -0.25) is 0 Å². The summed E-state index contributed by atoms with van der Waals surface area (Å²) in [7, 11) is 0. The summed E-state index contributed by atoms with van der Waals surface area (Å²) in [6.45, 7) is 26.4. The van der Waals surface area contributed by atoms with Crippen LogP contribution in [0.3, 0.4) is 0 Å². The Balaban J connectivity index is 0.00000260. The van der Waals surface area contributed by atoms with Crippen molar-refractivity contribution in [3.8, 4) is 11.1 Å². The minimum atomic E-state index is -2.76. The van der Waals surface area contributed by atoms with Gasteiger partial charge in [0.05, 0.1) is 0 Å². The van der Waals surface area contributed by atoms with Gasteiger partial charge in [0.2, 0.25) is 0 Å². The number of allylic oxidation sites excluding steroid dienone is 4. The Kier molecular flexibility index (Phi) is 11.5. The standard InChI is InChI=1S/C21H25.C13H21.C11H8.2ClH.Zr/c1-20(2,3)16-7-9-18-14(12-16)11-15-13-17(21(4,5)6)8-10-19(15)18;1-6-10-8-11(7-2)12(9-10)13(3,4)5;1-9-5-4-7-10-6-2-3-8-11(9)10;;;/h7-10,12H,11H2,1-6H3;9-10H,6-7H2,1-5H3;1-8H;2*1H;/q;;;;;+2/p-2. The first kappa shape index (κ1) is 38.8. The fourth-order valence-electron chi connectivity index (χ4n) is 8.01. The van der Waals surface area contributed by atoms with Crippen molar-refractivity contribution >= 4 is 17.8 Å². The molecule has 1 atom stereocenters. The van der Waals surface area contributed by atoms with Crippen LogP contribution in [0.15, 0.2) is 93.3 Å². The molecule has 2 aliphatic carbocycles. The Bertz CT molecular complexity index is 1930. The molecule has 0 heterocycles. The molecule has 0 aliphatic heterocycles. The largest absolute Gasteiger partial charge is 1.00 e. The number of fused-ring (bicyclic) bond motifs is 4. The Hall–Kier alpha value is -2.05. The zero-order chi connectivity index (χ0) is 33.2. The van der Waals surface area contributed by atoms with Crippen LogP contribution in [0.2, 0.25) is 0 Å². The minimum absolute atomic E-state index is 0. The molecule has 0 amide bonds. The molecule has 0 N–H and O–H groups in total. The SMILES string of the molecule is CCC1=[C](/[Zr+2](=[CH]/c2cccc3ccccc23)[c]2c(C(C)(C)C)ccc3c2Cc2cc(C(C)(C)C)ccc2-3)C(CC)C=C1C(C)(C)C.[Cl-].[Cl-]. The zero-order valence-electron chi connectivity index (χ0n) is 31.0. The van der Waals surface area contributed by atoms with E-state index in [0.29, 0.717) is 5.92 Å². The second-order valence-corrected chi connectivity index (χ2v) is 22.1. The molecule has 0 saturated heterocycles. The van der Waals surface area contributed by atoms with Crippen molar-refractivity contribution in [3.63, 3.8) is 0 Å². The van der Waals surface area contributed by atoms with Crippen molar-refractivity contribution in [2.24, 2.45) is 11.3 Å². The van der Waals surface area contributed by atoms with E-state index in [-0.39, 0.29) is 41.1 Å². The summed E-state index contributed by atoms with van der Waals surface area (Å²) < 4.78 is 6.43.